The van der Waals surface area contributed by atoms with E-state index >= 15 is 0 Å². The van der Waals surface area contributed by atoms with Gasteiger partial charge in [-0.05, 0) is 38.8 Å². The SMILES string of the molecule is Cc1ccc2c(c1)c(C#N)c(-c1ncc(S(=O)(=O)NC(C)C(F)(F)F)cn1)n2C1CCCCC1. The molecule has 1 unspecified atom stereocenters. The molecule has 1 fully saturated rings. The second-order valence-corrected chi connectivity index (χ2v) is 10.4. The van der Waals surface area contributed by atoms with Crippen molar-refractivity contribution in [1.29, 1.82) is 5.26 Å². The number of aryl methyl sites for hydroxylation is 1. The number of hydrogen-bond acceptors (Lipinski definition) is 5. The van der Waals surface area contributed by atoms with Crippen molar-refractivity contribution in [2.45, 2.75) is 69.1 Å². The lowest BCUT2D eigenvalue weighted by molar-refractivity contribution is -0.147. The van der Waals surface area contributed by atoms with Gasteiger partial charge in [0.05, 0.1) is 23.5 Å². The number of sulfonamides is 1. The maximum absolute atomic E-state index is 12.8. The van der Waals surface area contributed by atoms with Crippen LogP contribution in [0.25, 0.3) is 22.4 Å². The fraction of sp³-hybridized carbons (Fsp3) is 0.435. The van der Waals surface area contributed by atoms with Gasteiger partial charge >= 0.3 is 6.18 Å². The molecule has 0 bridgehead atoms. The molecule has 34 heavy (non-hydrogen) atoms. The predicted molar refractivity (Wildman–Crippen MR) is 120 cm³/mol. The third-order valence-electron chi connectivity index (χ3n) is 6.18. The Balaban J connectivity index is 1.82. The van der Waals surface area contributed by atoms with Gasteiger partial charge in [-0.15, -0.1) is 0 Å². The van der Waals surface area contributed by atoms with E-state index in [0.717, 1.165) is 67.9 Å². The van der Waals surface area contributed by atoms with Gasteiger partial charge in [-0.25, -0.2) is 18.4 Å². The van der Waals surface area contributed by atoms with Gasteiger partial charge < -0.3 is 4.57 Å². The summed E-state index contributed by atoms with van der Waals surface area (Å²) < 4.78 is 66.9. The summed E-state index contributed by atoms with van der Waals surface area (Å²) in [7, 11) is -4.48. The topological polar surface area (TPSA) is 101 Å². The first-order valence-corrected chi connectivity index (χ1v) is 12.5. The lowest BCUT2D eigenvalue weighted by Crippen LogP contribution is -2.43. The first-order valence-electron chi connectivity index (χ1n) is 11.0. The maximum Gasteiger partial charge on any atom is 0.404 e. The Morgan fingerprint density at radius 3 is 2.41 bits per heavy atom. The zero-order valence-corrected chi connectivity index (χ0v) is 19.5. The van der Waals surface area contributed by atoms with Crippen LogP contribution in [-0.4, -0.2) is 35.2 Å². The first kappa shape index (κ1) is 24.2. The molecule has 0 amide bonds. The molecule has 4 rings (SSSR count). The third kappa shape index (κ3) is 4.52. The lowest BCUT2D eigenvalue weighted by atomic mass is 9.95. The molecule has 1 aliphatic carbocycles. The Bertz CT molecular complexity index is 1350. The number of rotatable bonds is 5. The van der Waals surface area contributed by atoms with E-state index in [9.17, 15) is 26.9 Å². The Hall–Kier alpha value is -2.97. The predicted octanol–water partition coefficient (Wildman–Crippen LogP) is 5.01. The Morgan fingerprint density at radius 2 is 1.82 bits per heavy atom. The first-order chi connectivity index (χ1) is 16.0. The average molecular weight is 492 g/mol. The zero-order chi connectivity index (χ0) is 24.7. The summed E-state index contributed by atoms with van der Waals surface area (Å²) in [6, 6.07) is 5.99. The molecule has 0 saturated heterocycles. The highest BCUT2D eigenvalue weighted by Gasteiger charge is 2.39. The van der Waals surface area contributed by atoms with E-state index in [1.54, 1.807) is 4.72 Å². The van der Waals surface area contributed by atoms with Crippen LogP contribution in [0.3, 0.4) is 0 Å². The van der Waals surface area contributed by atoms with Gasteiger partial charge in [-0.2, -0.15) is 23.2 Å². The third-order valence-corrected chi connectivity index (χ3v) is 7.68. The number of halogens is 3. The number of nitrogens with zero attached hydrogens (tertiary/aromatic N) is 4. The Labute approximate surface area is 195 Å². The van der Waals surface area contributed by atoms with Crippen LogP contribution in [0.2, 0.25) is 0 Å². The molecule has 0 aliphatic heterocycles. The largest absolute Gasteiger partial charge is 0.404 e. The number of benzene rings is 1. The van der Waals surface area contributed by atoms with Crippen molar-refractivity contribution in [3.05, 3.63) is 41.7 Å². The molecule has 3 aromatic rings. The van der Waals surface area contributed by atoms with Crippen LogP contribution < -0.4 is 4.72 Å². The van der Waals surface area contributed by atoms with Crippen molar-refractivity contribution in [2.24, 2.45) is 0 Å². The summed E-state index contributed by atoms with van der Waals surface area (Å²) in [5, 5.41) is 10.8. The van der Waals surface area contributed by atoms with Gasteiger partial charge in [0.25, 0.3) is 0 Å². The molecule has 7 nitrogen and oxygen atoms in total. The van der Waals surface area contributed by atoms with Gasteiger partial charge in [-0.1, -0.05) is 30.9 Å². The lowest BCUT2D eigenvalue weighted by Gasteiger charge is -2.26. The number of hydrogen-bond donors (Lipinski definition) is 1. The van der Waals surface area contributed by atoms with E-state index in [1.165, 1.54) is 0 Å². The van der Waals surface area contributed by atoms with Crippen LogP contribution in [0, 0.1) is 18.3 Å². The van der Waals surface area contributed by atoms with Crippen molar-refractivity contribution in [3.63, 3.8) is 0 Å². The summed E-state index contributed by atoms with van der Waals surface area (Å²) in [5.41, 5.74) is 2.76. The average Bonchev–Trinajstić information content (AvgIpc) is 3.12. The molecule has 0 spiro atoms. The number of nitrogens with one attached hydrogen (secondary N) is 1. The van der Waals surface area contributed by atoms with Crippen molar-refractivity contribution in [3.8, 4) is 17.6 Å². The van der Waals surface area contributed by atoms with E-state index < -0.39 is 27.1 Å². The molecule has 180 valence electrons. The minimum Gasteiger partial charge on any atom is -0.334 e. The van der Waals surface area contributed by atoms with Crippen molar-refractivity contribution in [1.82, 2.24) is 19.3 Å². The Morgan fingerprint density at radius 1 is 1.18 bits per heavy atom. The summed E-state index contributed by atoms with van der Waals surface area (Å²) in [6.07, 6.45) is 2.34. The minimum absolute atomic E-state index is 0.136. The number of aromatic nitrogens is 3. The molecular formula is C23H24F3N5O2S. The van der Waals surface area contributed by atoms with Crippen molar-refractivity contribution in [2.75, 3.05) is 0 Å². The molecule has 1 N–H and O–H groups in total. The molecule has 2 heterocycles. The molecule has 1 atom stereocenters. The molecule has 1 saturated carbocycles. The van der Waals surface area contributed by atoms with Crippen LogP contribution in [-0.2, 0) is 10.0 Å². The van der Waals surface area contributed by atoms with Gasteiger partial charge in [0, 0.05) is 11.4 Å². The van der Waals surface area contributed by atoms with E-state index in [0.29, 0.717) is 11.3 Å². The quantitative estimate of drug-likeness (QED) is 0.541. The number of alkyl halides is 3. The summed E-state index contributed by atoms with van der Waals surface area (Å²) >= 11 is 0. The highest BCUT2D eigenvalue weighted by Crippen LogP contribution is 2.39. The summed E-state index contributed by atoms with van der Waals surface area (Å²) in [4.78, 5) is 7.88. The van der Waals surface area contributed by atoms with E-state index in [4.69, 9.17) is 0 Å². The zero-order valence-electron chi connectivity index (χ0n) is 18.7. The van der Waals surface area contributed by atoms with Gasteiger partial charge in [0.15, 0.2) is 5.82 Å². The smallest absolute Gasteiger partial charge is 0.334 e. The number of fused-ring (bicyclic) bond motifs is 1. The molecule has 11 heteroatoms. The van der Waals surface area contributed by atoms with Crippen LogP contribution in [0.5, 0.6) is 0 Å². The molecule has 1 aromatic carbocycles. The van der Waals surface area contributed by atoms with Crippen LogP contribution in [0.15, 0.2) is 35.5 Å². The monoisotopic (exact) mass is 491 g/mol. The van der Waals surface area contributed by atoms with Crippen molar-refractivity contribution >= 4 is 20.9 Å². The minimum atomic E-state index is -4.73. The maximum atomic E-state index is 12.8. The van der Waals surface area contributed by atoms with Gasteiger partial charge in [0.1, 0.15) is 22.7 Å². The second-order valence-electron chi connectivity index (χ2n) is 8.64. The van der Waals surface area contributed by atoms with Gasteiger partial charge in [-0.3, -0.25) is 0 Å². The molecule has 0 radical (unpaired) electrons. The Kier molecular flexibility index (Phi) is 6.40. The summed E-state index contributed by atoms with van der Waals surface area (Å²) in [5.74, 6) is 0.152. The van der Waals surface area contributed by atoms with Crippen LogP contribution in [0.1, 0.15) is 56.2 Å². The normalized spacial score (nSPS) is 16.5. The fourth-order valence-corrected chi connectivity index (χ4v) is 5.54. The number of nitriles is 1. The summed E-state index contributed by atoms with van der Waals surface area (Å²) in [6.45, 7) is 2.65. The fourth-order valence-electron chi connectivity index (χ4n) is 4.42. The van der Waals surface area contributed by atoms with E-state index in [1.807, 2.05) is 25.1 Å². The van der Waals surface area contributed by atoms with Crippen LogP contribution in [0.4, 0.5) is 13.2 Å². The highest BCUT2D eigenvalue weighted by molar-refractivity contribution is 7.89. The molecular weight excluding hydrogens is 467 g/mol. The van der Waals surface area contributed by atoms with Crippen molar-refractivity contribution < 1.29 is 21.6 Å². The van der Waals surface area contributed by atoms with Crippen LogP contribution >= 0.6 is 0 Å². The van der Waals surface area contributed by atoms with E-state index in [2.05, 4.69) is 20.6 Å². The van der Waals surface area contributed by atoms with Gasteiger partial charge in [0.2, 0.25) is 10.0 Å². The van der Waals surface area contributed by atoms with E-state index in [-0.39, 0.29) is 11.9 Å². The standard InChI is InChI=1S/C23H24F3N5O2S/c1-14-8-9-20-18(10-14)19(11-27)21(31(20)16-6-4-3-5-7-16)22-28-12-17(13-29-22)34(32,33)30-15(2)23(24,25)26/h8-10,12-13,15-16,30H,3-7H2,1-2H3. The molecule has 1 aliphatic rings. The highest BCUT2D eigenvalue weighted by atomic mass is 32.2. The molecule has 2 aromatic heterocycles. The second kappa shape index (κ2) is 9.00.